The summed E-state index contributed by atoms with van der Waals surface area (Å²) in [6.07, 6.45) is 0.743. The fraction of sp³-hybridized carbons (Fsp3) is 0.296. The van der Waals surface area contributed by atoms with Crippen LogP contribution >= 0.6 is 0 Å². The van der Waals surface area contributed by atoms with Gasteiger partial charge in [0.05, 0.1) is 12.6 Å². The lowest BCUT2D eigenvalue weighted by Gasteiger charge is -2.16. The fourth-order valence-corrected chi connectivity index (χ4v) is 4.20. The van der Waals surface area contributed by atoms with Crippen molar-refractivity contribution < 1.29 is 23.9 Å². The van der Waals surface area contributed by atoms with Crippen LogP contribution < -0.4 is 5.32 Å². The van der Waals surface area contributed by atoms with E-state index in [4.69, 9.17) is 14.5 Å². The summed E-state index contributed by atoms with van der Waals surface area (Å²) in [4.78, 5) is 41.6. The van der Waals surface area contributed by atoms with E-state index in [9.17, 15) is 14.4 Å². The van der Waals surface area contributed by atoms with Crippen LogP contribution in [0.5, 0.6) is 0 Å². The smallest absolute Gasteiger partial charge is 0.328 e. The Kier molecular flexibility index (Phi) is 7.58. The number of methoxy groups -OCH3 is 1. The van der Waals surface area contributed by atoms with Crippen molar-refractivity contribution >= 4 is 34.4 Å². The lowest BCUT2D eigenvalue weighted by molar-refractivity contribution is -0.150. The van der Waals surface area contributed by atoms with E-state index in [1.54, 1.807) is 4.52 Å². The first kappa shape index (κ1) is 24.8. The van der Waals surface area contributed by atoms with Crippen LogP contribution in [0.1, 0.15) is 28.9 Å². The molecular formula is C27H28N4O5. The van der Waals surface area contributed by atoms with Gasteiger partial charge in [-0.25, -0.2) is 14.3 Å². The third kappa shape index (κ3) is 5.51. The predicted molar refractivity (Wildman–Crippen MR) is 133 cm³/mol. The molecule has 0 bridgehead atoms. The number of benzene rings is 2. The molecule has 36 heavy (non-hydrogen) atoms. The Bertz CT molecular complexity index is 1410. The highest BCUT2D eigenvalue weighted by atomic mass is 16.5. The standard InChI is InChI=1S/C27H28N4O5/c1-17-20(18(2)31-26(28-17)21-11-7-8-12-22(21)30-31)13-14-25(33)36-16-24(32)29-23(27(34)35-3)15-19-9-5-4-6-10-19/h4-12,23H,13-16H2,1-3H3,(H,29,32). The Balaban J connectivity index is 1.34. The number of aryl methyl sites for hydroxylation is 2. The summed E-state index contributed by atoms with van der Waals surface area (Å²) in [5.74, 6) is -1.67. The predicted octanol–water partition coefficient (Wildman–Crippen LogP) is 2.88. The van der Waals surface area contributed by atoms with Crippen LogP contribution in [0.15, 0.2) is 54.6 Å². The highest BCUT2D eigenvalue weighted by molar-refractivity contribution is 5.92. The molecule has 186 valence electrons. The number of ether oxygens (including phenoxy) is 2. The number of aromatic nitrogens is 3. The molecule has 0 saturated carbocycles. The molecule has 1 unspecified atom stereocenters. The summed E-state index contributed by atoms with van der Waals surface area (Å²) in [5, 5.41) is 8.18. The minimum atomic E-state index is -0.878. The van der Waals surface area contributed by atoms with E-state index in [-0.39, 0.29) is 12.8 Å². The van der Waals surface area contributed by atoms with Gasteiger partial charge in [-0.2, -0.15) is 5.10 Å². The second-order valence-electron chi connectivity index (χ2n) is 8.51. The highest BCUT2D eigenvalue weighted by Crippen LogP contribution is 2.23. The van der Waals surface area contributed by atoms with E-state index < -0.39 is 30.5 Å². The Labute approximate surface area is 208 Å². The van der Waals surface area contributed by atoms with Gasteiger partial charge in [0.1, 0.15) is 6.04 Å². The number of nitrogens with one attached hydrogen (secondary N) is 1. The van der Waals surface area contributed by atoms with Gasteiger partial charge in [0.2, 0.25) is 0 Å². The Morgan fingerprint density at radius 3 is 2.50 bits per heavy atom. The number of hydrogen-bond donors (Lipinski definition) is 1. The van der Waals surface area contributed by atoms with Crippen LogP contribution in [0.3, 0.4) is 0 Å². The molecule has 2 heterocycles. The maximum atomic E-state index is 12.4. The molecule has 0 saturated heterocycles. The minimum Gasteiger partial charge on any atom is -0.467 e. The molecule has 4 rings (SSSR count). The molecule has 2 aromatic heterocycles. The number of carbonyl (C=O) groups is 3. The molecule has 1 amide bonds. The number of rotatable bonds is 9. The van der Waals surface area contributed by atoms with Crippen LogP contribution in [-0.2, 0) is 36.7 Å². The SMILES string of the molecule is COC(=O)C(Cc1ccccc1)NC(=O)COC(=O)CCc1c(C)nc2c3ccccc3nn2c1C. The van der Waals surface area contributed by atoms with Gasteiger partial charge in [0.15, 0.2) is 12.3 Å². The molecule has 9 nitrogen and oxygen atoms in total. The van der Waals surface area contributed by atoms with Crippen molar-refractivity contribution in [3.8, 4) is 0 Å². The first-order chi connectivity index (χ1) is 17.4. The van der Waals surface area contributed by atoms with E-state index in [1.165, 1.54) is 7.11 Å². The summed E-state index contributed by atoms with van der Waals surface area (Å²) < 4.78 is 11.8. The molecule has 0 spiro atoms. The van der Waals surface area contributed by atoms with Crippen LogP contribution in [0.4, 0.5) is 0 Å². The van der Waals surface area contributed by atoms with E-state index in [2.05, 4.69) is 10.4 Å². The number of esters is 2. The molecule has 0 radical (unpaired) electrons. The largest absolute Gasteiger partial charge is 0.467 e. The summed E-state index contributed by atoms with van der Waals surface area (Å²) in [6, 6.07) is 16.2. The maximum Gasteiger partial charge on any atom is 0.328 e. The molecule has 0 aliphatic heterocycles. The second kappa shape index (κ2) is 11.0. The van der Waals surface area contributed by atoms with E-state index >= 15 is 0 Å². The lowest BCUT2D eigenvalue weighted by Crippen LogP contribution is -2.44. The van der Waals surface area contributed by atoms with Gasteiger partial charge >= 0.3 is 11.9 Å². The lowest BCUT2D eigenvalue weighted by atomic mass is 10.1. The average molecular weight is 489 g/mol. The number of fused-ring (bicyclic) bond motifs is 3. The number of amides is 1. The number of nitrogens with zero attached hydrogens (tertiary/aromatic N) is 3. The zero-order valence-corrected chi connectivity index (χ0v) is 20.5. The molecule has 1 atom stereocenters. The van der Waals surface area contributed by atoms with Crippen molar-refractivity contribution in [3.05, 3.63) is 77.1 Å². The molecule has 0 aliphatic rings. The highest BCUT2D eigenvalue weighted by Gasteiger charge is 2.23. The summed E-state index contributed by atoms with van der Waals surface area (Å²) in [6.45, 7) is 3.37. The quantitative estimate of drug-likeness (QED) is 0.361. The van der Waals surface area contributed by atoms with Gasteiger partial charge in [-0.1, -0.05) is 42.5 Å². The maximum absolute atomic E-state index is 12.4. The van der Waals surface area contributed by atoms with Crippen LogP contribution in [-0.4, -0.2) is 52.2 Å². The number of carbonyl (C=O) groups excluding carboxylic acids is 3. The molecule has 0 fully saturated rings. The topological polar surface area (TPSA) is 112 Å². The van der Waals surface area contributed by atoms with Gasteiger partial charge in [-0.3, -0.25) is 9.59 Å². The fourth-order valence-electron chi connectivity index (χ4n) is 4.20. The molecule has 4 aromatic rings. The zero-order valence-electron chi connectivity index (χ0n) is 20.5. The van der Waals surface area contributed by atoms with E-state index in [1.807, 2.05) is 68.4 Å². The zero-order chi connectivity index (χ0) is 25.7. The third-order valence-corrected chi connectivity index (χ3v) is 6.07. The molecule has 9 heteroatoms. The molecular weight excluding hydrogens is 460 g/mol. The summed E-state index contributed by atoms with van der Waals surface area (Å²) in [7, 11) is 1.26. The normalized spacial score (nSPS) is 11.9. The van der Waals surface area contributed by atoms with Crippen molar-refractivity contribution in [1.82, 2.24) is 19.9 Å². The van der Waals surface area contributed by atoms with Crippen molar-refractivity contribution in [3.63, 3.8) is 0 Å². The van der Waals surface area contributed by atoms with Crippen LogP contribution in [0.2, 0.25) is 0 Å². The minimum absolute atomic E-state index is 0.0768. The van der Waals surface area contributed by atoms with Gasteiger partial charge < -0.3 is 14.8 Å². The van der Waals surface area contributed by atoms with Crippen LogP contribution in [0.25, 0.3) is 16.6 Å². The van der Waals surface area contributed by atoms with E-state index in [0.717, 1.165) is 39.1 Å². The van der Waals surface area contributed by atoms with Gasteiger partial charge in [0, 0.05) is 29.6 Å². The van der Waals surface area contributed by atoms with Gasteiger partial charge in [-0.15, -0.1) is 0 Å². The van der Waals surface area contributed by atoms with Gasteiger partial charge in [0.25, 0.3) is 5.91 Å². The van der Waals surface area contributed by atoms with Crippen LogP contribution in [0, 0.1) is 13.8 Å². The van der Waals surface area contributed by atoms with Crippen molar-refractivity contribution in [2.45, 2.75) is 39.2 Å². The Hall–Kier alpha value is -4.27. The summed E-state index contributed by atoms with van der Waals surface area (Å²) in [5.41, 5.74) is 5.13. The Morgan fingerprint density at radius 1 is 1.03 bits per heavy atom. The Morgan fingerprint density at radius 2 is 1.75 bits per heavy atom. The molecule has 2 aromatic carbocycles. The second-order valence-corrected chi connectivity index (χ2v) is 8.51. The van der Waals surface area contributed by atoms with Crippen molar-refractivity contribution in [2.75, 3.05) is 13.7 Å². The molecule has 1 N–H and O–H groups in total. The van der Waals surface area contributed by atoms with Crippen molar-refractivity contribution in [2.24, 2.45) is 0 Å². The summed E-state index contributed by atoms with van der Waals surface area (Å²) >= 11 is 0. The monoisotopic (exact) mass is 488 g/mol. The van der Waals surface area contributed by atoms with Gasteiger partial charge in [-0.05, 0) is 43.5 Å². The number of hydrogen-bond acceptors (Lipinski definition) is 7. The average Bonchev–Trinajstić information content (AvgIpc) is 3.26. The third-order valence-electron chi connectivity index (χ3n) is 6.07. The first-order valence-corrected chi connectivity index (χ1v) is 11.7. The first-order valence-electron chi connectivity index (χ1n) is 11.7. The van der Waals surface area contributed by atoms with Crippen molar-refractivity contribution in [1.29, 1.82) is 0 Å². The van der Waals surface area contributed by atoms with E-state index in [0.29, 0.717) is 6.42 Å². The molecule has 0 aliphatic carbocycles.